The van der Waals surface area contributed by atoms with Crippen molar-refractivity contribution in [2.24, 2.45) is 17.0 Å². The van der Waals surface area contributed by atoms with E-state index in [0.717, 1.165) is 10.9 Å². The maximum Gasteiger partial charge on any atom is 0.188 e. The molecule has 5 heteroatoms. The molecule has 0 aliphatic heterocycles. The van der Waals surface area contributed by atoms with Crippen LogP contribution in [0.5, 0.6) is 0 Å². The minimum atomic E-state index is 0.283. The quantitative estimate of drug-likeness (QED) is 0.485. The van der Waals surface area contributed by atoms with Crippen molar-refractivity contribution in [3.8, 4) is 0 Å². The van der Waals surface area contributed by atoms with Gasteiger partial charge in [0.05, 0.1) is 11.0 Å². The highest BCUT2D eigenvalue weighted by molar-refractivity contribution is 8.00. The van der Waals surface area contributed by atoms with Crippen molar-refractivity contribution in [3.63, 3.8) is 0 Å². The first-order chi connectivity index (χ1) is 7.88. The lowest BCUT2D eigenvalue weighted by Gasteiger charge is -2.20. The number of thioether (sulfide) groups is 1. The molecule has 2 fully saturated rings. The first-order valence-electron chi connectivity index (χ1n) is 5.54. The zero-order chi connectivity index (χ0) is 11.0. The molecule has 2 aliphatic carbocycles. The lowest BCUT2D eigenvalue weighted by molar-refractivity contribution is 0.314. The summed E-state index contributed by atoms with van der Waals surface area (Å²) in [6, 6.07) is 1.81. The van der Waals surface area contributed by atoms with Gasteiger partial charge in [-0.25, -0.2) is 9.97 Å². The minimum Gasteiger partial charge on any atom is -0.411 e. The van der Waals surface area contributed by atoms with E-state index in [1.165, 1.54) is 19.3 Å². The maximum absolute atomic E-state index is 9.07. The van der Waals surface area contributed by atoms with Gasteiger partial charge in [-0.05, 0) is 31.2 Å². The number of hydrogen-bond acceptors (Lipinski definition) is 5. The van der Waals surface area contributed by atoms with Crippen LogP contribution in [0.3, 0.4) is 0 Å². The molecule has 0 amide bonds. The molecular weight excluding hydrogens is 222 g/mol. The van der Waals surface area contributed by atoms with Crippen LogP contribution in [0.15, 0.2) is 28.8 Å². The lowest BCUT2D eigenvalue weighted by atomic mass is 9.98. The van der Waals surface area contributed by atoms with E-state index in [4.69, 9.17) is 5.21 Å². The van der Waals surface area contributed by atoms with Crippen molar-refractivity contribution in [1.82, 2.24) is 9.97 Å². The van der Waals surface area contributed by atoms with Crippen LogP contribution in [-0.2, 0) is 0 Å². The summed E-state index contributed by atoms with van der Waals surface area (Å²) in [7, 11) is 0. The lowest BCUT2D eigenvalue weighted by Crippen LogP contribution is -2.25. The Morgan fingerprint density at radius 2 is 2.12 bits per heavy atom. The third-order valence-electron chi connectivity index (χ3n) is 3.50. The average molecular weight is 235 g/mol. The molecule has 0 aromatic carbocycles. The molecule has 84 valence electrons. The Balaban J connectivity index is 1.80. The molecule has 3 atom stereocenters. The third-order valence-corrected chi connectivity index (χ3v) is 4.80. The topological polar surface area (TPSA) is 58.4 Å². The summed E-state index contributed by atoms with van der Waals surface area (Å²) in [4.78, 5) is 8.42. The molecule has 3 rings (SSSR count). The van der Waals surface area contributed by atoms with E-state index in [-0.39, 0.29) is 5.25 Å². The minimum absolute atomic E-state index is 0.283. The molecule has 2 aliphatic rings. The molecule has 0 radical (unpaired) electrons. The van der Waals surface area contributed by atoms with Gasteiger partial charge in [0.2, 0.25) is 0 Å². The van der Waals surface area contributed by atoms with Gasteiger partial charge in [-0.15, -0.1) is 0 Å². The number of oxime groups is 1. The number of hydrogen-bond donors (Lipinski definition) is 1. The molecule has 16 heavy (non-hydrogen) atoms. The molecule has 2 saturated carbocycles. The zero-order valence-electron chi connectivity index (χ0n) is 8.78. The van der Waals surface area contributed by atoms with Gasteiger partial charge in [-0.1, -0.05) is 16.9 Å². The first-order valence-corrected chi connectivity index (χ1v) is 6.42. The number of rotatable bonds is 2. The van der Waals surface area contributed by atoms with E-state index < -0.39 is 0 Å². The Morgan fingerprint density at radius 3 is 2.88 bits per heavy atom. The molecule has 1 heterocycles. The van der Waals surface area contributed by atoms with Crippen molar-refractivity contribution in [3.05, 3.63) is 18.5 Å². The summed E-state index contributed by atoms with van der Waals surface area (Å²) in [6.45, 7) is 0. The van der Waals surface area contributed by atoms with Crippen LogP contribution in [0.1, 0.15) is 19.3 Å². The van der Waals surface area contributed by atoms with Gasteiger partial charge in [0.25, 0.3) is 0 Å². The Hall–Kier alpha value is -1.10. The van der Waals surface area contributed by atoms with Crippen molar-refractivity contribution in [2.75, 3.05) is 0 Å². The van der Waals surface area contributed by atoms with Gasteiger partial charge in [-0.3, -0.25) is 0 Å². The van der Waals surface area contributed by atoms with Crippen LogP contribution in [0, 0.1) is 11.8 Å². The Kier molecular flexibility index (Phi) is 2.55. The monoisotopic (exact) mass is 235 g/mol. The van der Waals surface area contributed by atoms with E-state index in [2.05, 4.69) is 15.1 Å². The highest BCUT2D eigenvalue weighted by Gasteiger charge is 2.46. The second-order valence-electron chi connectivity index (χ2n) is 4.36. The summed E-state index contributed by atoms with van der Waals surface area (Å²) < 4.78 is 0. The van der Waals surface area contributed by atoms with Crippen LogP contribution < -0.4 is 0 Å². The number of aromatic nitrogens is 2. The van der Waals surface area contributed by atoms with Gasteiger partial charge >= 0.3 is 0 Å². The summed E-state index contributed by atoms with van der Waals surface area (Å²) >= 11 is 1.63. The molecule has 0 saturated heterocycles. The third kappa shape index (κ3) is 1.59. The Morgan fingerprint density at radius 1 is 1.31 bits per heavy atom. The molecule has 1 aromatic rings. The molecule has 4 nitrogen and oxygen atoms in total. The van der Waals surface area contributed by atoms with Crippen LogP contribution >= 0.6 is 11.8 Å². The summed E-state index contributed by atoms with van der Waals surface area (Å²) in [5.74, 6) is 1.14. The second-order valence-corrected chi connectivity index (χ2v) is 5.47. The predicted octanol–water partition coefficient (Wildman–Crippen LogP) is 2.20. The first kappa shape index (κ1) is 10.1. The molecule has 2 bridgehead atoms. The molecule has 0 spiro atoms. The standard InChI is InChI=1S/C11H13N3OS/c15-14-9-7-2-3-8(6-7)10(9)16-11-12-4-1-5-13-11/h1,4-5,7-8,10,15H,2-3,6H2/b14-9+/t7-,8-,10-/m0/s1. The molecular formula is C11H13N3OS. The SMILES string of the molecule is O/N=C1\[C@H]2CC[C@@H](C2)[C@@H]1Sc1ncccn1. The largest absolute Gasteiger partial charge is 0.411 e. The van der Waals surface area contributed by atoms with Gasteiger partial charge < -0.3 is 5.21 Å². The molecule has 0 unspecified atom stereocenters. The van der Waals surface area contributed by atoms with E-state index in [9.17, 15) is 0 Å². The predicted molar refractivity (Wildman–Crippen MR) is 61.7 cm³/mol. The highest BCUT2D eigenvalue weighted by Crippen LogP contribution is 2.48. The maximum atomic E-state index is 9.07. The molecule has 1 aromatic heterocycles. The van der Waals surface area contributed by atoms with E-state index >= 15 is 0 Å². The number of nitrogens with zero attached hydrogens (tertiary/aromatic N) is 3. The second kappa shape index (κ2) is 4.05. The molecule has 1 N–H and O–H groups in total. The Bertz CT molecular complexity index is 409. The van der Waals surface area contributed by atoms with Crippen LogP contribution in [0.2, 0.25) is 0 Å². The summed E-state index contributed by atoms with van der Waals surface area (Å²) in [5, 5.41) is 13.6. The number of fused-ring (bicyclic) bond motifs is 2. The van der Waals surface area contributed by atoms with Crippen LogP contribution in [0.25, 0.3) is 0 Å². The van der Waals surface area contributed by atoms with Gasteiger partial charge in [0.15, 0.2) is 5.16 Å². The van der Waals surface area contributed by atoms with Gasteiger partial charge in [0, 0.05) is 18.3 Å². The van der Waals surface area contributed by atoms with Gasteiger partial charge in [-0.2, -0.15) is 0 Å². The van der Waals surface area contributed by atoms with Crippen molar-refractivity contribution in [2.45, 2.75) is 29.7 Å². The van der Waals surface area contributed by atoms with E-state index in [1.54, 1.807) is 24.2 Å². The van der Waals surface area contributed by atoms with E-state index in [1.807, 2.05) is 6.07 Å². The fraction of sp³-hybridized carbons (Fsp3) is 0.545. The smallest absolute Gasteiger partial charge is 0.188 e. The van der Waals surface area contributed by atoms with Crippen molar-refractivity contribution >= 4 is 17.5 Å². The van der Waals surface area contributed by atoms with Crippen molar-refractivity contribution < 1.29 is 5.21 Å². The zero-order valence-corrected chi connectivity index (χ0v) is 9.60. The fourth-order valence-electron chi connectivity index (χ4n) is 2.79. The Labute approximate surface area is 98.2 Å². The van der Waals surface area contributed by atoms with Gasteiger partial charge in [0.1, 0.15) is 0 Å². The van der Waals surface area contributed by atoms with Crippen LogP contribution in [0.4, 0.5) is 0 Å². The van der Waals surface area contributed by atoms with Crippen LogP contribution in [-0.4, -0.2) is 26.1 Å². The average Bonchev–Trinajstić information content (AvgIpc) is 2.91. The highest BCUT2D eigenvalue weighted by atomic mass is 32.2. The normalized spacial score (nSPS) is 34.8. The fourth-order valence-corrected chi connectivity index (χ4v) is 4.06. The summed E-state index contributed by atoms with van der Waals surface area (Å²) in [5.41, 5.74) is 0.953. The van der Waals surface area contributed by atoms with E-state index in [0.29, 0.717) is 11.8 Å². The summed E-state index contributed by atoms with van der Waals surface area (Å²) in [6.07, 6.45) is 7.09. The van der Waals surface area contributed by atoms with Crippen molar-refractivity contribution in [1.29, 1.82) is 0 Å².